The van der Waals surface area contributed by atoms with Crippen LogP contribution in [0.15, 0.2) is 34.8 Å². The van der Waals surface area contributed by atoms with Crippen LogP contribution in [0, 0.1) is 13.8 Å². The number of aromatic nitrogens is 1. The fourth-order valence-electron chi connectivity index (χ4n) is 1.82. The molecule has 0 aliphatic carbocycles. The summed E-state index contributed by atoms with van der Waals surface area (Å²) in [6.07, 6.45) is 0. The summed E-state index contributed by atoms with van der Waals surface area (Å²) in [5.41, 5.74) is 5.93. The van der Waals surface area contributed by atoms with Crippen LogP contribution in [-0.4, -0.2) is 4.98 Å². The monoisotopic (exact) mass is 306 g/mol. The molecule has 94 valence electrons. The van der Waals surface area contributed by atoms with E-state index >= 15 is 0 Å². The van der Waals surface area contributed by atoms with E-state index in [0.29, 0.717) is 5.82 Å². The number of nitrogen functional groups attached to an aromatic ring is 1. The first-order valence-electron chi connectivity index (χ1n) is 5.57. The molecule has 0 aliphatic heterocycles. The first kappa shape index (κ1) is 12.9. The van der Waals surface area contributed by atoms with Crippen LogP contribution >= 0.6 is 15.9 Å². The number of hydrazine groups is 1. The van der Waals surface area contributed by atoms with Crippen LogP contribution in [0.5, 0.6) is 0 Å². The minimum absolute atomic E-state index is 0.632. The first-order chi connectivity index (χ1) is 8.60. The molecule has 0 unspecified atom stereocenters. The van der Waals surface area contributed by atoms with Crippen LogP contribution in [0.25, 0.3) is 0 Å². The van der Waals surface area contributed by atoms with E-state index in [2.05, 4.69) is 57.6 Å². The number of benzene rings is 1. The van der Waals surface area contributed by atoms with Crippen molar-refractivity contribution in [3.05, 3.63) is 45.9 Å². The smallest absolute Gasteiger partial charge is 0.142 e. The van der Waals surface area contributed by atoms with E-state index < -0.39 is 0 Å². The Labute approximate surface area is 115 Å². The van der Waals surface area contributed by atoms with Gasteiger partial charge < -0.3 is 10.7 Å². The van der Waals surface area contributed by atoms with Gasteiger partial charge in [-0.25, -0.2) is 10.8 Å². The van der Waals surface area contributed by atoms with Crippen molar-refractivity contribution in [3.63, 3.8) is 0 Å². The molecule has 0 fully saturated rings. The Morgan fingerprint density at radius 3 is 2.33 bits per heavy atom. The number of halogens is 1. The van der Waals surface area contributed by atoms with Gasteiger partial charge in [0.1, 0.15) is 11.6 Å². The molecule has 0 spiro atoms. The highest BCUT2D eigenvalue weighted by atomic mass is 79.9. The van der Waals surface area contributed by atoms with E-state index in [4.69, 9.17) is 5.84 Å². The molecular formula is C13H15BrN4. The molecule has 4 N–H and O–H groups in total. The van der Waals surface area contributed by atoms with E-state index in [1.165, 1.54) is 0 Å². The SMILES string of the molecule is Cc1cc(Br)cc(C)c1Nc1cccc(NN)n1. The van der Waals surface area contributed by atoms with Crippen LogP contribution in [0.3, 0.4) is 0 Å². The van der Waals surface area contributed by atoms with Crippen molar-refractivity contribution in [2.45, 2.75) is 13.8 Å². The molecule has 0 saturated carbocycles. The number of hydrogen-bond donors (Lipinski definition) is 3. The maximum atomic E-state index is 5.35. The Balaban J connectivity index is 2.33. The highest BCUT2D eigenvalue weighted by Gasteiger charge is 2.05. The summed E-state index contributed by atoms with van der Waals surface area (Å²) in [5, 5.41) is 3.31. The number of rotatable bonds is 3. The lowest BCUT2D eigenvalue weighted by atomic mass is 10.1. The summed E-state index contributed by atoms with van der Waals surface area (Å²) < 4.78 is 1.08. The summed E-state index contributed by atoms with van der Waals surface area (Å²) in [6, 6.07) is 9.75. The second-order valence-electron chi connectivity index (χ2n) is 4.09. The largest absolute Gasteiger partial charge is 0.340 e. The molecule has 2 rings (SSSR count). The highest BCUT2D eigenvalue weighted by Crippen LogP contribution is 2.27. The minimum Gasteiger partial charge on any atom is -0.340 e. The summed E-state index contributed by atoms with van der Waals surface area (Å²) in [7, 11) is 0. The molecule has 1 aromatic heterocycles. The van der Waals surface area contributed by atoms with Gasteiger partial charge in [0.25, 0.3) is 0 Å². The van der Waals surface area contributed by atoms with Crippen LogP contribution < -0.4 is 16.6 Å². The average Bonchev–Trinajstić information content (AvgIpc) is 2.34. The van der Waals surface area contributed by atoms with Crippen molar-refractivity contribution in [1.82, 2.24) is 4.98 Å². The predicted octanol–water partition coefficient (Wildman–Crippen LogP) is 3.49. The van der Waals surface area contributed by atoms with E-state index in [1.807, 2.05) is 18.2 Å². The van der Waals surface area contributed by atoms with Gasteiger partial charge in [0.05, 0.1) is 0 Å². The van der Waals surface area contributed by atoms with Gasteiger partial charge in [-0.1, -0.05) is 22.0 Å². The van der Waals surface area contributed by atoms with Gasteiger partial charge in [0.2, 0.25) is 0 Å². The molecule has 0 bridgehead atoms. The number of aryl methyl sites for hydroxylation is 2. The average molecular weight is 307 g/mol. The van der Waals surface area contributed by atoms with Crippen molar-refractivity contribution >= 4 is 33.3 Å². The molecule has 0 atom stereocenters. The third-order valence-corrected chi connectivity index (χ3v) is 3.11. The third-order valence-electron chi connectivity index (χ3n) is 2.65. The summed E-state index contributed by atoms with van der Waals surface area (Å²) in [6.45, 7) is 4.12. The Kier molecular flexibility index (Phi) is 3.84. The molecule has 1 aromatic carbocycles. The second-order valence-corrected chi connectivity index (χ2v) is 5.01. The maximum absolute atomic E-state index is 5.35. The third kappa shape index (κ3) is 2.80. The number of anilines is 3. The molecule has 0 saturated heterocycles. The standard InChI is InChI=1S/C13H15BrN4/c1-8-6-10(14)7-9(2)13(8)17-11-4-3-5-12(16-11)18-15/h3-7H,15H2,1-2H3,(H2,16,17,18). The van der Waals surface area contributed by atoms with Crippen LogP contribution in [-0.2, 0) is 0 Å². The fraction of sp³-hybridized carbons (Fsp3) is 0.154. The number of nitrogens with zero attached hydrogens (tertiary/aromatic N) is 1. The topological polar surface area (TPSA) is 63.0 Å². The Morgan fingerprint density at radius 1 is 1.11 bits per heavy atom. The van der Waals surface area contributed by atoms with Crippen LogP contribution in [0.4, 0.5) is 17.3 Å². The zero-order chi connectivity index (χ0) is 13.1. The Hall–Kier alpha value is -1.59. The van der Waals surface area contributed by atoms with Crippen LogP contribution in [0.2, 0.25) is 0 Å². The van der Waals surface area contributed by atoms with Gasteiger partial charge in [-0.15, -0.1) is 0 Å². The van der Waals surface area contributed by atoms with E-state index in [-0.39, 0.29) is 0 Å². The van der Waals surface area contributed by atoms with E-state index in [1.54, 1.807) is 0 Å². The number of hydrogen-bond acceptors (Lipinski definition) is 4. The Bertz CT molecular complexity index is 546. The lowest BCUT2D eigenvalue weighted by molar-refractivity contribution is 1.22. The molecular weight excluding hydrogens is 292 g/mol. The molecule has 1 heterocycles. The number of nitrogens with two attached hydrogens (primary N) is 1. The quantitative estimate of drug-likeness (QED) is 0.600. The van der Waals surface area contributed by atoms with Crippen molar-refractivity contribution in [1.29, 1.82) is 0 Å². The molecule has 0 radical (unpaired) electrons. The summed E-state index contributed by atoms with van der Waals surface area (Å²) >= 11 is 3.49. The van der Waals surface area contributed by atoms with Crippen molar-refractivity contribution in [3.8, 4) is 0 Å². The predicted molar refractivity (Wildman–Crippen MR) is 78.9 cm³/mol. The zero-order valence-electron chi connectivity index (χ0n) is 10.3. The second kappa shape index (κ2) is 5.37. The van der Waals surface area contributed by atoms with Gasteiger partial charge in [0, 0.05) is 10.2 Å². The van der Waals surface area contributed by atoms with Crippen LogP contribution in [0.1, 0.15) is 11.1 Å². The molecule has 2 aromatic rings. The molecule has 18 heavy (non-hydrogen) atoms. The number of nitrogens with one attached hydrogen (secondary N) is 2. The summed E-state index contributed by atoms with van der Waals surface area (Å²) in [5.74, 6) is 6.74. The van der Waals surface area contributed by atoms with E-state index in [0.717, 1.165) is 27.1 Å². The highest BCUT2D eigenvalue weighted by molar-refractivity contribution is 9.10. The Morgan fingerprint density at radius 2 is 1.72 bits per heavy atom. The van der Waals surface area contributed by atoms with Gasteiger partial charge in [0.15, 0.2) is 0 Å². The van der Waals surface area contributed by atoms with Crippen molar-refractivity contribution in [2.75, 3.05) is 10.7 Å². The number of pyridine rings is 1. The lowest BCUT2D eigenvalue weighted by Gasteiger charge is -2.13. The van der Waals surface area contributed by atoms with Crippen molar-refractivity contribution in [2.24, 2.45) is 5.84 Å². The normalized spacial score (nSPS) is 10.2. The fourth-order valence-corrected chi connectivity index (χ4v) is 2.51. The van der Waals surface area contributed by atoms with Gasteiger partial charge in [-0.05, 0) is 49.2 Å². The molecule has 0 amide bonds. The molecule has 4 nitrogen and oxygen atoms in total. The lowest BCUT2D eigenvalue weighted by Crippen LogP contribution is -2.09. The molecule has 5 heteroatoms. The van der Waals surface area contributed by atoms with Crippen molar-refractivity contribution < 1.29 is 0 Å². The zero-order valence-corrected chi connectivity index (χ0v) is 11.9. The van der Waals surface area contributed by atoms with Gasteiger partial charge >= 0.3 is 0 Å². The maximum Gasteiger partial charge on any atom is 0.142 e. The minimum atomic E-state index is 0.632. The van der Waals surface area contributed by atoms with E-state index in [9.17, 15) is 0 Å². The summed E-state index contributed by atoms with van der Waals surface area (Å²) in [4.78, 5) is 4.33. The first-order valence-corrected chi connectivity index (χ1v) is 6.37. The van der Waals surface area contributed by atoms with Gasteiger partial charge in [-0.3, -0.25) is 0 Å². The van der Waals surface area contributed by atoms with Gasteiger partial charge in [-0.2, -0.15) is 0 Å². The molecule has 0 aliphatic rings.